The smallest absolute Gasteiger partial charge is 0.277 e. The van der Waals surface area contributed by atoms with Crippen LogP contribution in [0.5, 0.6) is 0 Å². The van der Waals surface area contributed by atoms with E-state index < -0.39 is 10.0 Å². The molecule has 2 aromatic carbocycles. The highest BCUT2D eigenvalue weighted by atomic mass is 32.2. The third-order valence-corrected chi connectivity index (χ3v) is 8.21. The highest BCUT2D eigenvalue weighted by molar-refractivity contribution is 7.88. The normalized spacial score (nSPS) is 15.3. The lowest BCUT2D eigenvalue weighted by Crippen LogP contribution is -2.49. The summed E-state index contributed by atoms with van der Waals surface area (Å²) in [5.74, 6) is 0.543. The van der Waals surface area contributed by atoms with Gasteiger partial charge in [0.1, 0.15) is 10.8 Å². The fourth-order valence-electron chi connectivity index (χ4n) is 3.73. The molecule has 2 aromatic heterocycles. The molecule has 32 heavy (non-hydrogen) atoms. The molecule has 5 rings (SSSR count). The predicted octanol–water partition coefficient (Wildman–Crippen LogP) is 2.47. The van der Waals surface area contributed by atoms with E-state index in [9.17, 15) is 13.2 Å². The van der Waals surface area contributed by atoms with Crippen LogP contribution in [0.25, 0.3) is 15.5 Å². The third-order valence-electron chi connectivity index (χ3n) is 5.40. The van der Waals surface area contributed by atoms with Crippen LogP contribution in [-0.2, 0) is 15.8 Å². The molecule has 1 aliphatic rings. The Morgan fingerprint density at radius 1 is 0.906 bits per heavy atom. The molecule has 0 radical (unpaired) electrons. The Labute approximate surface area is 189 Å². The van der Waals surface area contributed by atoms with E-state index in [1.54, 1.807) is 0 Å². The largest absolute Gasteiger partial charge is 0.354 e. The average molecular weight is 468 g/mol. The molecule has 1 aliphatic heterocycles. The Bertz CT molecular complexity index is 1390. The molecule has 1 fully saturated rings. The first kappa shape index (κ1) is 20.8. The van der Waals surface area contributed by atoms with Gasteiger partial charge in [-0.05, 0) is 5.56 Å². The van der Waals surface area contributed by atoms with Crippen LogP contribution in [0.15, 0.2) is 71.5 Å². The van der Waals surface area contributed by atoms with Gasteiger partial charge in [-0.3, -0.25) is 4.79 Å². The Hall–Kier alpha value is -3.08. The molecule has 3 heterocycles. The first-order chi connectivity index (χ1) is 15.5. The van der Waals surface area contributed by atoms with E-state index in [0.29, 0.717) is 37.0 Å². The minimum absolute atomic E-state index is 0.0114. The van der Waals surface area contributed by atoms with Crippen LogP contribution in [-0.4, -0.2) is 53.5 Å². The maximum Gasteiger partial charge on any atom is 0.277 e. The lowest BCUT2D eigenvalue weighted by atomic mass is 10.2. The Kier molecular flexibility index (Phi) is 5.50. The highest BCUT2D eigenvalue weighted by Crippen LogP contribution is 2.25. The van der Waals surface area contributed by atoms with E-state index in [1.807, 2.05) is 65.6 Å². The molecule has 10 heteroatoms. The molecular formula is C22H21N5O3S2. The first-order valence-corrected chi connectivity index (χ1v) is 12.7. The number of aromatic nitrogens is 3. The summed E-state index contributed by atoms with van der Waals surface area (Å²) in [6.45, 7) is 1.66. The molecule has 0 atom stereocenters. The molecule has 0 spiro atoms. The zero-order chi connectivity index (χ0) is 22.1. The van der Waals surface area contributed by atoms with Crippen molar-refractivity contribution >= 4 is 32.1 Å². The minimum Gasteiger partial charge on any atom is -0.354 e. The first-order valence-electron chi connectivity index (χ1n) is 10.2. The second-order valence-electron chi connectivity index (χ2n) is 7.55. The van der Waals surface area contributed by atoms with E-state index in [0.717, 1.165) is 16.1 Å². The van der Waals surface area contributed by atoms with Crippen LogP contribution in [0, 0.1) is 0 Å². The van der Waals surface area contributed by atoms with Gasteiger partial charge in [0.05, 0.1) is 5.75 Å². The number of anilines is 1. The van der Waals surface area contributed by atoms with Crippen molar-refractivity contribution in [1.82, 2.24) is 18.9 Å². The van der Waals surface area contributed by atoms with Gasteiger partial charge in [0.2, 0.25) is 15.0 Å². The van der Waals surface area contributed by atoms with Crippen molar-refractivity contribution in [3.8, 4) is 10.6 Å². The maximum absolute atomic E-state index is 12.8. The van der Waals surface area contributed by atoms with Crippen molar-refractivity contribution in [2.75, 3.05) is 31.1 Å². The number of hydrogen-bond acceptors (Lipinski definition) is 7. The number of nitrogens with zero attached hydrogens (tertiary/aromatic N) is 5. The Morgan fingerprint density at radius 2 is 1.56 bits per heavy atom. The molecule has 1 saturated heterocycles. The van der Waals surface area contributed by atoms with Crippen molar-refractivity contribution in [1.29, 1.82) is 0 Å². The van der Waals surface area contributed by atoms with Gasteiger partial charge in [0, 0.05) is 37.8 Å². The fourth-order valence-corrected chi connectivity index (χ4v) is 6.15. The average Bonchev–Trinajstić information content (AvgIpc) is 3.25. The molecule has 0 aliphatic carbocycles. The summed E-state index contributed by atoms with van der Waals surface area (Å²) in [7, 11) is -3.40. The minimum atomic E-state index is -3.40. The number of sulfonamides is 1. The second kappa shape index (κ2) is 8.45. The summed E-state index contributed by atoms with van der Waals surface area (Å²) in [6, 6.07) is 20.3. The third kappa shape index (κ3) is 4.16. The number of piperazine rings is 1. The van der Waals surface area contributed by atoms with E-state index in [4.69, 9.17) is 0 Å². The molecule has 0 amide bonds. The topological polar surface area (TPSA) is 87.9 Å². The van der Waals surface area contributed by atoms with Crippen LogP contribution in [0.3, 0.4) is 0 Å². The monoisotopic (exact) mass is 467 g/mol. The molecule has 164 valence electrons. The Balaban J connectivity index is 1.33. The lowest BCUT2D eigenvalue weighted by molar-refractivity contribution is 0.383. The fraction of sp³-hybridized carbons (Fsp3) is 0.227. The van der Waals surface area contributed by atoms with Gasteiger partial charge in [-0.1, -0.05) is 72.0 Å². The summed E-state index contributed by atoms with van der Waals surface area (Å²) in [5.41, 5.74) is 1.46. The van der Waals surface area contributed by atoms with E-state index in [1.165, 1.54) is 26.2 Å². The van der Waals surface area contributed by atoms with Crippen molar-refractivity contribution in [3.63, 3.8) is 0 Å². The van der Waals surface area contributed by atoms with Gasteiger partial charge < -0.3 is 4.90 Å². The summed E-state index contributed by atoms with van der Waals surface area (Å²) < 4.78 is 28.4. The second-order valence-corrected chi connectivity index (χ2v) is 10.5. The van der Waals surface area contributed by atoms with Crippen LogP contribution in [0.2, 0.25) is 0 Å². The van der Waals surface area contributed by atoms with Gasteiger partial charge in [0.25, 0.3) is 5.56 Å². The van der Waals surface area contributed by atoms with E-state index in [2.05, 4.69) is 10.1 Å². The quantitative estimate of drug-likeness (QED) is 0.448. The van der Waals surface area contributed by atoms with Gasteiger partial charge in [0.15, 0.2) is 0 Å². The maximum atomic E-state index is 12.8. The summed E-state index contributed by atoms with van der Waals surface area (Å²) >= 11 is 1.36. The number of benzene rings is 2. The molecular weight excluding hydrogens is 446 g/mol. The van der Waals surface area contributed by atoms with Crippen LogP contribution in [0.4, 0.5) is 5.82 Å². The number of rotatable bonds is 5. The summed E-state index contributed by atoms with van der Waals surface area (Å²) in [6.07, 6.45) is 0. The van der Waals surface area contributed by atoms with Crippen LogP contribution < -0.4 is 10.5 Å². The zero-order valence-corrected chi connectivity index (χ0v) is 18.8. The summed E-state index contributed by atoms with van der Waals surface area (Å²) in [5, 5.41) is 5.13. The van der Waals surface area contributed by atoms with Crippen LogP contribution in [0.1, 0.15) is 5.56 Å². The van der Waals surface area contributed by atoms with Gasteiger partial charge >= 0.3 is 0 Å². The zero-order valence-electron chi connectivity index (χ0n) is 17.2. The molecule has 8 nitrogen and oxygen atoms in total. The molecule has 0 saturated carbocycles. The number of hydrogen-bond donors (Lipinski definition) is 0. The molecule has 0 bridgehead atoms. The molecule has 0 unspecified atom stereocenters. The predicted molar refractivity (Wildman–Crippen MR) is 125 cm³/mol. The van der Waals surface area contributed by atoms with Crippen molar-refractivity contribution < 1.29 is 8.42 Å². The molecule has 4 aromatic rings. The van der Waals surface area contributed by atoms with Gasteiger partial charge in [-0.25, -0.2) is 13.4 Å². The van der Waals surface area contributed by atoms with Crippen molar-refractivity contribution in [3.05, 3.63) is 82.6 Å². The lowest BCUT2D eigenvalue weighted by Gasteiger charge is -2.34. The Morgan fingerprint density at radius 3 is 2.25 bits per heavy atom. The van der Waals surface area contributed by atoms with Crippen molar-refractivity contribution in [2.24, 2.45) is 0 Å². The van der Waals surface area contributed by atoms with E-state index >= 15 is 0 Å². The standard InChI is InChI=1S/C22H21N5O3S2/c28-20-15-19(23-22-27(20)24-21(31-22)18-9-5-2-6-10-18)25-11-13-26(14-12-25)32(29,30)16-17-7-3-1-4-8-17/h1-10,15H,11-14,16H2. The van der Waals surface area contributed by atoms with Crippen LogP contribution >= 0.6 is 11.3 Å². The summed E-state index contributed by atoms with van der Waals surface area (Å²) in [4.78, 5) is 19.8. The van der Waals surface area contributed by atoms with Gasteiger partial charge in [-0.15, -0.1) is 0 Å². The van der Waals surface area contributed by atoms with Crippen molar-refractivity contribution in [2.45, 2.75) is 5.75 Å². The highest BCUT2D eigenvalue weighted by Gasteiger charge is 2.28. The van der Waals surface area contributed by atoms with Gasteiger partial charge in [-0.2, -0.15) is 13.9 Å². The molecule has 0 N–H and O–H groups in total. The number of fused-ring (bicyclic) bond motifs is 1. The van der Waals surface area contributed by atoms with E-state index in [-0.39, 0.29) is 11.3 Å². The SMILES string of the molecule is O=c1cc(N2CCN(S(=O)(=O)Cc3ccccc3)CC2)nc2sc(-c3ccccc3)nn12.